The van der Waals surface area contributed by atoms with Gasteiger partial charge in [0.1, 0.15) is 5.82 Å². The molecular formula is C19H18FN3O2S2. The number of sulfonamides is 1. The topological polar surface area (TPSA) is 62.3 Å². The molecule has 0 saturated carbocycles. The smallest absolute Gasteiger partial charge is 0.235 e. The summed E-state index contributed by atoms with van der Waals surface area (Å²) in [6.07, 6.45) is 0.663. The average Bonchev–Trinajstić information content (AvgIpc) is 3.27. The van der Waals surface area contributed by atoms with E-state index in [1.807, 2.05) is 29.6 Å². The molecule has 0 radical (unpaired) electrons. The third-order valence-electron chi connectivity index (χ3n) is 4.39. The van der Waals surface area contributed by atoms with Crippen LogP contribution in [-0.4, -0.2) is 25.7 Å². The van der Waals surface area contributed by atoms with Gasteiger partial charge >= 0.3 is 0 Å². The lowest BCUT2D eigenvalue weighted by molar-refractivity contribution is 0.599. The molecule has 0 unspecified atom stereocenters. The molecular weight excluding hydrogens is 385 g/mol. The first kappa shape index (κ1) is 17.9. The Labute approximate surface area is 161 Å². The van der Waals surface area contributed by atoms with Crippen molar-refractivity contribution < 1.29 is 12.8 Å². The van der Waals surface area contributed by atoms with E-state index in [4.69, 9.17) is 0 Å². The second-order valence-corrected chi connectivity index (χ2v) is 9.18. The van der Waals surface area contributed by atoms with E-state index >= 15 is 0 Å². The maximum absolute atomic E-state index is 13.0. The zero-order valence-electron chi connectivity index (χ0n) is 14.4. The highest BCUT2D eigenvalue weighted by atomic mass is 32.2. The summed E-state index contributed by atoms with van der Waals surface area (Å²) in [6, 6.07) is 13.8. The molecule has 0 atom stereocenters. The highest BCUT2D eigenvalue weighted by Gasteiger charge is 2.28. The second kappa shape index (κ2) is 7.28. The number of nitrogens with zero attached hydrogens (tertiary/aromatic N) is 2. The van der Waals surface area contributed by atoms with Crippen molar-refractivity contribution in [1.29, 1.82) is 0 Å². The standard InChI is InChI=1S/C19H18FN3O2S2/c20-16-7-5-15(6-8-16)18-13-26-19(22-18)21-12-14-3-1-4-17(11-14)23-9-2-10-27(23,24)25/h1,3-8,11,13H,2,9-10,12H2,(H,21,22). The normalized spacial score (nSPS) is 15.8. The average molecular weight is 404 g/mol. The number of anilines is 2. The molecule has 1 aliphatic heterocycles. The van der Waals surface area contributed by atoms with Crippen molar-refractivity contribution in [2.45, 2.75) is 13.0 Å². The minimum Gasteiger partial charge on any atom is -0.357 e. The van der Waals surface area contributed by atoms with Gasteiger partial charge in [0.2, 0.25) is 10.0 Å². The highest BCUT2D eigenvalue weighted by molar-refractivity contribution is 7.93. The van der Waals surface area contributed by atoms with Crippen LogP contribution in [-0.2, 0) is 16.6 Å². The summed E-state index contributed by atoms with van der Waals surface area (Å²) >= 11 is 1.47. The van der Waals surface area contributed by atoms with Crippen LogP contribution in [0, 0.1) is 5.82 Å². The predicted molar refractivity (Wildman–Crippen MR) is 107 cm³/mol. The van der Waals surface area contributed by atoms with Gasteiger partial charge in [-0.15, -0.1) is 11.3 Å². The Bertz CT molecular complexity index is 1050. The molecule has 3 aromatic rings. The minimum atomic E-state index is -3.18. The van der Waals surface area contributed by atoms with Gasteiger partial charge in [-0.2, -0.15) is 0 Å². The Morgan fingerprint density at radius 2 is 2.00 bits per heavy atom. The molecule has 8 heteroatoms. The number of hydrogen-bond donors (Lipinski definition) is 1. The van der Waals surface area contributed by atoms with Crippen LogP contribution >= 0.6 is 11.3 Å². The SMILES string of the molecule is O=S1(=O)CCCN1c1cccc(CNc2nc(-c3ccc(F)cc3)cs2)c1. The van der Waals surface area contributed by atoms with Crippen molar-refractivity contribution in [3.05, 3.63) is 65.3 Å². The summed E-state index contributed by atoms with van der Waals surface area (Å²) in [5.74, 6) is -0.0620. The number of hydrogen-bond acceptors (Lipinski definition) is 5. The number of benzene rings is 2. The number of rotatable bonds is 5. The minimum absolute atomic E-state index is 0.209. The fourth-order valence-corrected chi connectivity index (χ4v) is 5.31. The van der Waals surface area contributed by atoms with E-state index in [1.165, 1.54) is 27.8 Å². The van der Waals surface area contributed by atoms with Crippen LogP contribution in [0.5, 0.6) is 0 Å². The Hall–Kier alpha value is -2.45. The summed E-state index contributed by atoms with van der Waals surface area (Å²) in [6.45, 7) is 1.07. The fraction of sp³-hybridized carbons (Fsp3) is 0.211. The lowest BCUT2D eigenvalue weighted by atomic mass is 10.2. The van der Waals surface area contributed by atoms with Crippen molar-refractivity contribution in [1.82, 2.24) is 4.98 Å². The van der Waals surface area contributed by atoms with Gasteiger partial charge in [-0.05, 0) is 48.4 Å². The van der Waals surface area contributed by atoms with Crippen molar-refractivity contribution in [3.8, 4) is 11.3 Å². The van der Waals surface area contributed by atoms with E-state index in [0.29, 0.717) is 25.2 Å². The lowest BCUT2D eigenvalue weighted by Gasteiger charge is -2.17. The fourth-order valence-electron chi connectivity index (χ4n) is 3.04. The quantitative estimate of drug-likeness (QED) is 0.697. The second-order valence-electron chi connectivity index (χ2n) is 6.31. The van der Waals surface area contributed by atoms with Crippen LogP contribution in [0.25, 0.3) is 11.3 Å². The molecule has 0 bridgehead atoms. The molecule has 2 aromatic carbocycles. The van der Waals surface area contributed by atoms with E-state index in [9.17, 15) is 12.8 Å². The maximum Gasteiger partial charge on any atom is 0.235 e. The van der Waals surface area contributed by atoms with E-state index < -0.39 is 10.0 Å². The third kappa shape index (κ3) is 3.96. The zero-order valence-corrected chi connectivity index (χ0v) is 16.1. The van der Waals surface area contributed by atoms with E-state index in [-0.39, 0.29) is 11.6 Å². The molecule has 0 spiro atoms. The molecule has 1 fully saturated rings. The number of aromatic nitrogens is 1. The Morgan fingerprint density at radius 1 is 1.19 bits per heavy atom. The van der Waals surface area contributed by atoms with Crippen molar-refractivity contribution in [2.24, 2.45) is 0 Å². The van der Waals surface area contributed by atoms with E-state index in [2.05, 4.69) is 10.3 Å². The van der Waals surface area contributed by atoms with Crippen LogP contribution in [0.15, 0.2) is 53.9 Å². The predicted octanol–water partition coefficient (Wildman–Crippen LogP) is 4.10. The van der Waals surface area contributed by atoms with Crippen LogP contribution in [0.3, 0.4) is 0 Å². The molecule has 1 N–H and O–H groups in total. The third-order valence-corrected chi connectivity index (χ3v) is 7.06. The molecule has 4 rings (SSSR count). The van der Waals surface area contributed by atoms with E-state index in [1.54, 1.807) is 12.1 Å². The van der Waals surface area contributed by atoms with Gasteiger partial charge in [-0.3, -0.25) is 4.31 Å². The summed E-state index contributed by atoms with van der Waals surface area (Å²) in [4.78, 5) is 4.53. The van der Waals surface area contributed by atoms with Crippen molar-refractivity contribution in [2.75, 3.05) is 21.9 Å². The zero-order chi connectivity index (χ0) is 18.9. The van der Waals surface area contributed by atoms with Gasteiger partial charge in [0.05, 0.1) is 17.1 Å². The van der Waals surface area contributed by atoms with Gasteiger partial charge < -0.3 is 5.32 Å². The molecule has 2 heterocycles. The first-order chi connectivity index (χ1) is 13.0. The van der Waals surface area contributed by atoms with Gasteiger partial charge in [0.15, 0.2) is 5.13 Å². The Kier molecular flexibility index (Phi) is 4.84. The monoisotopic (exact) mass is 403 g/mol. The van der Waals surface area contributed by atoms with Gasteiger partial charge in [-0.1, -0.05) is 12.1 Å². The number of halogens is 1. The molecule has 0 aliphatic carbocycles. The molecule has 1 aromatic heterocycles. The molecule has 1 saturated heterocycles. The molecule has 1 aliphatic rings. The van der Waals surface area contributed by atoms with Crippen molar-refractivity contribution >= 4 is 32.2 Å². The number of nitrogens with one attached hydrogen (secondary N) is 1. The Balaban J connectivity index is 1.45. The van der Waals surface area contributed by atoms with Gasteiger partial charge in [-0.25, -0.2) is 17.8 Å². The van der Waals surface area contributed by atoms with Crippen LogP contribution in [0.2, 0.25) is 0 Å². The summed E-state index contributed by atoms with van der Waals surface area (Å²) < 4.78 is 38.7. The van der Waals surface area contributed by atoms with Crippen molar-refractivity contribution in [3.63, 3.8) is 0 Å². The van der Waals surface area contributed by atoms with Crippen LogP contribution < -0.4 is 9.62 Å². The van der Waals surface area contributed by atoms with Crippen LogP contribution in [0.1, 0.15) is 12.0 Å². The summed E-state index contributed by atoms with van der Waals surface area (Å²) in [5, 5.41) is 5.94. The summed E-state index contributed by atoms with van der Waals surface area (Å²) in [5.41, 5.74) is 3.34. The Morgan fingerprint density at radius 3 is 2.74 bits per heavy atom. The molecule has 0 amide bonds. The van der Waals surface area contributed by atoms with Gasteiger partial charge in [0, 0.05) is 24.0 Å². The molecule has 5 nitrogen and oxygen atoms in total. The summed E-state index contributed by atoms with van der Waals surface area (Å²) in [7, 11) is -3.18. The lowest BCUT2D eigenvalue weighted by Crippen LogP contribution is -2.25. The maximum atomic E-state index is 13.0. The van der Waals surface area contributed by atoms with Crippen LogP contribution in [0.4, 0.5) is 15.2 Å². The first-order valence-electron chi connectivity index (χ1n) is 8.56. The highest BCUT2D eigenvalue weighted by Crippen LogP contribution is 2.27. The number of thiazole rings is 1. The molecule has 27 heavy (non-hydrogen) atoms. The van der Waals surface area contributed by atoms with E-state index in [0.717, 1.165) is 22.0 Å². The largest absolute Gasteiger partial charge is 0.357 e. The van der Waals surface area contributed by atoms with Gasteiger partial charge in [0.25, 0.3) is 0 Å². The molecule has 140 valence electrons. The first-order valence-corrected chi connectivity index (χ1v) is 11.0.